The van der Waals surface area contributed by atoms with Crippen LogP contribution in [-0.2, 0) is 4.74 Å². The topological polar surface area (TPSA) is 38.5 Å². The van der Waals surface area contributed by atoms with E-state index in [9.17, 15) is 0 Å². The fourth-order valence-electron chi connectivity index (χ4n) is 3.78. The van der Waals surface area contributed by atoms with Crippen LogP contribution in [0.2, 0.25) is 5.02 Å². The monoisotopic (exact) mass is 294 g/mol. The van der Waals surface area contributed by atoms with Gasteiger partial charge in [0.05, 0.1) is 18.8 Å². The second-order valence-electron chi connectivity index (χ2n) is 5.97. The second kappa shape index (κ2) is 6.02. The standard InChI is InChI=1S/C16H23ClN2O/c1-11(18)16(12-5-2-3-6-13(12)17)19-9-10-20-15-8-4-7-14(15)19/h2-3,5-6,11,14-16H,4,7-10,18H2,1H3. The van der Waals surface area contributed by atoms with E-state index in [1.54, 1.807) is 0 Å². The minimum absolute atomic E-state index is 0.0502. The van der Waals surface area contributed by atoms with Crippen LogP contribution in [0.15, 0.2) is 24.3 Å². The number of ether oxygens (including phenoxy) is 1. The Kier molecular flexibility index (Phi) is 4.32. The number of morpholine rings is 1. The van der Waals surface area contributed by atoms with Crippen LogP contribution in [0.4, 0.5) is 0 Å². The summed E-state index contributed by atoms with van der Waals surface area (Å²) in [5.41, 5.74) is 7.46. The maximum Gasteiger partial charge on any atom is 0.0731 e. The third-order valence-corrected chi connectivity index (χ3v) is 4.95. The van der Waals surface area contributed by atoms with Gasteiger partial charge in [-0.1, -0.05) is 29.8 Å². The first-order valence-electron chi connectivity index (χ1n) is 7.56. The smallest absolute Gasteiger partial charge is 0.0731 e. The Hall–Kier alpha value is -0.610. The van der Waals surface area contributed by atoms with Crippen molar-refractivity contribution in [3.05, 3.63) is 34.9 Å². The van der Waals surface area contributed by atoms with Gasteiger partial charge in [0.15, 0.2) is 0 Å². The Balaban J connectivity index is 1.92. The number of nitrogens with two attached hydrogens (primary N) is 1. The quantitative estimate of drug-likeness (QED) is 0.931. The average Bonchev–Trinajstić information content (AvgIpc) is 2.90. The van der Waals surface area contributed by atoms with E-state index in [-0.39, 0.29) is 12.1 Å². The number of hydrogen-bond donors (Lipinski definition) is 1. The number of halogens is 1. The van der Waals surface area contributed by atoms with Gasteiger partial charge >= 0.3 is 0 Å². The van der Waals surface area contributed by atoms with Gasteiger partial charge in [0.25, 0.3) is 0 Å². The normalized spacial score (nSPS) is 29.9. The molecule has 3 rings (SSSR count). The molecule has 1 aromatic carbocycles. The van der Waals surface area contributed by atoms with Crippen LogP contribution in [0.5, 0.6) is 0 Å². The van der Waals surface area contributed by atoms with E-state index in [0.717, 1.165) is 23.7 Å². The molecule has 1 aliphatic heterocycles. The molecule has 1 aromatic rings. The van der Waals surface area contributed by atoms with Crippen LogP contribution in [-0.4, -0.2) is 36.2 Å². The van der Waals surface area contributed by atoms with Crippen LogP contribution < -0.4 is 5.73 Å². The van der Waals surface area contributed by atoms with Gasteiger partial charge < -0.3 is 10.5 Å². The van der Waals surface area contributed by atoms with Crippen molar-refractivity contribution in [2.45, 2.75) is 50.4 Å². The molecule has 1 saturated carbocycles. The van der Waals surface area contributed by atoms with Gasteiger partial charge in [-0.15, -0.1) is 0 Å². The average molecular weight is 295 g/mol. The molecule has 0 amide bonds. The van der Waals surface area contributed by atoms with Gasteiger partial charge in [-0.05, 0) is 37.8 Å². The summed E-state index contributed by atoms with van der Waals surface area (Å²) in [6, 6.07) is 8.81. The predicted molar refractivity (Wildman–Crippen MR) is 81.9 cm³/mol. The summed E-state index contributed by atoms with van der Waals surface area (Å²) in [6.45, 7) is 3.82. The van der Waals surface area contributed by atoms with Gasteiger partial charge in [-0.25, -0.2) is 0 Å². The summed E-state index contributed by atoms with van der Waals surface area (Å²) >= 11 is 6.41. The Labute approximate surface area is 126 Å². The van der Waals surface area contributed by atoms with Crippen molar-refractivity contribution in [3.63, 3.8) is 0 Å². The highest BCUT2D eigenvalue weighted by atomic mass is 35.5. The molecule has 1 heterocycles. The van der Waals surface area contributed by atoms with Gasteiger partial charge in [0, 0.05) is 23.7 Å². The fourth-order valence-corrected chi connectivity index (χ4v) is 4.03. The second-order valence-corrected chi connectivity index (χ2v) is 6.38. The van der Waals surface area contributed by atoms with Crippen LogP contribution >= 0.6 is 11.6 Å². The number of rotatable bonds is 3. The molecule has 1 saturated heterocycles. The summed E-state index contributed by atoms with van der Waals surface area (Å²) < 4.78 is 5.91. The van der Waals surface area contributed by atoms with E-state index in [1.165, 1.54) is 19.3 Å². The third-order valence-electron chi connectivity index (χ3n) is 4.60. The number of benzene rings is 1. The Morgan fingerprint density at radius 2 is 2.15 bits per heavy atom. The predicted octanol–water partition coefficient (Wildman–Crippen LogP) is 2.98. The summed E-state index contributed by atoms with van der Waals surface area (Å²) in [7, 11) is 0. The molecule has 2 aliphatic rings. The van der Waals surface area contributed by atoms with E-state index < -0.39 is 0 Å². The Morgan fingerprint density at radius 3 is 2.90 bits per heavy atom. The fraction of sp³-hybridized carbons (Fsp3) is 0.625. The zero-order chi connectivity index (χ0) is 14.1. The molecule has 2 fully saturated rings. The van der Waals surface area contributed by atoms with E-state index in [4.69, 9.17) is 22.1 Å². The Morgan fingerprint density at radius 1 is 1.35 bits per heavy atom. The molecule has 2 N–H and O–H groups in total. The summed E-state index contributed by atoms with van der Waals surface area (Å²) in [5.74, 6) is 0. The molecule has 20 heavy (non-hydrogen) atoms. The Bertz CT molecular complexity index is 466. The van der Waals surface area contributed by atoms with E-state index in [0.29, 0.717) is 12.1 Å². The molecule has 0 bridgehead atoms. The van der Waals surface area contributed by atoms with Gasteiger partial charge in [0.2, 0.25) is 0 Å². The van der Waals surface area contributed by atoms with Crippen LogP contribution in [0.25, 0.3) is 0 Å². The van der Waals surface area contributed by atoms with Crippen molar-refractivity contribution < 1.29 is 4.74 Å². The number of fused-ring (bicyclic) bond motifs is 1. The molecule has 4 unspecified atom stereocenters. The van der Waals surface area contributed by atoms with Crippen molar-refractivity contribution in [1.82, 2.24) is 4.90 Å². The SMILES string of the molecule is CC(N)C(c1ccccc1Cl)N1CCOC2CCCC21. The van der Waals surface area contributed by atoms with Crippen molar-refractivity contribution in [2.75, 3.05) is 13.2 Å². The van der Waals surface area contributed by atoms with Crippen molar-refractivity contribution in [1.29, 1.82) is 0 Å². The molecule has 0 radical (unpaired) electrons. The highest BCUT2D eigenvalue weighted by Crippen LogP contribution is 2.38. The third kappa shape index (κ3) is 2.60. The van der Waals surface area contributed by atoms with Gasteiger partial charge in [0.1, 0.15) is 0 Å². The zero-order valence-corrected chi connectivity index (χ0v) is 12.7. The molecule has 0 aromatic heterocycles. The lowest BCUT2D eigenvalue weighted by molar-refractivity contribution is -0.0753. The lowest BCUT2D eigenvalue weighted by Crippen LogP contribution is -2.53. The van der Waals surface area contributed by atoms with Gasteiger partial charge in [-0.3, -0.25) is 4.90 Å². The lowest BCUT2D eigenvalue weighted by Gasteiger charge is -2.44. The van der Waals surface area contributed by atoms with Gasteiger partial charge in [-0.2, -0.15) is 0 Å². The largest absolute Gasteiger partial charge is 0.375 e. The summed E-state index contributed by atoms with van der Waals surface area (Å²) in [5, 5.41) is 0.816. The van der Waals surface area contributed by atoms with E-state index in [2.05, 4.69) is 17.9 Å². The highest BCUT2D eigenvalue weighted by Gasteiger charge is 2.40. The van der Waals surface area contributed by atoms with E-state index >= 15 is 0 Å². The molecule has 0 spiro atoms. The number of hydrogen-bond acceptors (Lipinski definition) is 3. The molecule has 4 atom stereocenters. The first-order chi connectivity index (χ1) is 9.68. The minimum atomic E-state index is 0.0502. The zero-order valence-electron chi connectivity index (χ0n) is 12.0. The molecule has 1 aliphatic carbocycles. The minimum Gasteiger partial charge on any atom is -0.375 e. The summed E-state index contributed by atoms with van der Waals surface area (Å²) in [6.07, 6.45) is 4.01. The molecular formula is C16H23ClN2O. The summed E-state index contributed by atoms with van der Waals surface area (Å²) in [4.78, 5) is 2.53. The van der Waals surface area contributed by atoms with Crippen LogP contribution in [0.1, 0.15) is 37.8 Å². The van der Waals surface area contributed by atoms with Crippen LogP contribution in [0.3, 0.4) is 0 Å². The van der Waals surface area contributed by atoms with E-state index in [1.807, 2.05) is 18.2 Å². The van der Waals surface area contributed by atoms with Crippen molar-refractivity contribution in [2.24, 2.45) is 5.73 Å². The lowest BCUT2D eigenvalue weighted by atomic mass is 9.95. The van der Waals surface area contributed by atoms with Crippen molar-refractivity contribution >= 4 is 11.6 Å². The molecule has 4 heteroatoms. The highest BCUT2D eigenvalue weighted by molar-refractivity contribution is 6.31. The maximum absolute atomic E-state index is 6.41. The molecular weight excluding hydrogens is 272 g/mol. The molecule has 110 valence electrons. The van der Waals surface area contributed by atoms with Crippen molar-refractivity contribution in [3.8, 4) is 0 Å². The first kappa shape index (κ1) is 14.3. The first-order valence-corrected chi connectivity index (χ1v) is 7.93. The maximum atomic E-state index is 6.41. The van der Waals surface area contributed by atoms with Crippen LogP contribution in [0, 0.1) is 0 Å². The molecule has 3 nitrogen and oxygen atoms in total. The number of nitrogens with zero attached hydrogens (tertiary/aromatic N) is 1.